The van der Waals surface area contributed by atoms with E-state index in [0.717, 1.165) is 30.5 Å². The van der Waals surface area contributed by atoms with Gasteiger partial charge < -0.3 is 10.3 Å². The molecule has 2 N–H and O–H groups in total. The molecule has 1 aliphatic carbocycles. The molecule has 0 fully saturated rings. The van der Waals surface area contributed by atoms with Crippen molar-refractivity contribution >= 4 is 22.5 Å². The molecule has 1 atom stereocenters. The Morgan fingerprint density at radius 3 is 2.88 bits per heavy atom. The molecule has 6 rings (SSSR count). The summed E-state index contributed by atoms with van der Waals surface area (Å²) in [6, 6.07) is 10.1. The molecule has 5 aromatic rings. The molecule has 33 heavy (non-hydrogen) atoms. The van der Waals surface area contributed by atoms with E-state index in [0.29, 0.717) is 17.3 Å². The summed E-state index contributed by atoms with van der Waals surface area (Å²) in [6.45, 7) is 4.21. The van der Waals surface area contributed by atoms with Crippen molar-refractivity contribution in [1.29, 1.82) is 0 Å². The van der Waals surface area contributed by atoms with Crippen LogP contribution >= 0.6 is 0 Å². The van der Waals surface area contributed by atoms with Gasteiger partial charge in [-0.25, -0.2) is 9.37 Å². The largest absolute Gasteiger partial charge is 0.358 e. The van der Waals surface area contributed by atoms with E-state index in [1.54, 1.807) is 10.7 Å². The molecule has 0 saturated carbocycles. The average molecular weight is 442 g/mol. The highest BCUT2D eigenvalue weighted by molar-refractivity contribution is 5.85. The van der Waals surface area contributed by atoms with Crippen LogP contribution in [0.5, 0.6) is 0 Å². The summed E-state index contributed by atoms with van der Waals surface area (Å²) < 4.78 is 15.6. The number of aromatic amines is 1. The maximum atomic E-state index is 13.9. The summed E-state index contributed by atoms with van der Waals surface area (Å²) >= 11 is 0. The predicted molar refractivity (Wildman–Crippen MR) is 126 cm³/mol. The molecular formula is C25H24FN7. The van der Waals surface area contributed by atoms with E-state index in [9.17, 15) is 4.39 Å². The minimum atomic E-state index is -0.415. The third-order valence-corrected chi connectivity index (χ3v) is 6.41. The zero-order valence-corrected chi connectivity index (χ0v) is 18.5. The van der Waals surface area contributed by atoms with Gasteiger partial charge in [0.15, 0.2) is 11.5 Å². The van der Waals surface area contributed by atoms with Crippen LogP contribution in [0.2, 0.25) is 0 Å². The van der Waals surface area contributed by atoms with E-state index in [1.165, 1.54) is 34.4 Å². The Labute approximate surface area is 190 Å². The Morgan fingerprint density at radius 1 is 1.15 bits per heavy atom. The molecular weight excluding hydrogens is 417 g/mol. The lowest BCUT2D eigenvalue weighted by atomic mass is 9.92. The lowest BCUT2D eigenvalue weighted by molar-refractivity contribution is 0.598. The van der Waals surface area contributed by atoms with E-state index >= 15 is 0 Å². The predicted octanol–water partition coefficient (Wildman–Crippen LogP) is 4.90. The molecule has 1 aliphatic rings. The summed E-state index contributed by atoms with van der Waals surface area (Å²) in [7, 11) is 0. The number of para-hydroxylation sites is 1. The zero-order chi connectivity index (χ0) is 22.5. The minimum absolute atomic E-state index is 0.189. The fourth-order valence-electron chi connectivity index (χ4n) is 4.75. The SMILES string of the molecule is CC(C)c1cnn2c(N[C@@H]3CCc4c([nH]c5ccccc45)C3)nc(-c3cncc(F)c3)nc12. The average Bonchev–Trinajstić information content (AvgIpc) is 3.40. The zero-order valence-electron chi connectivity index (χ0n) is 18.5. The number of aryl methyl sites for hydroxylation is 1. The van der Waals surface area contributed by atoms with Crippen molar-refractivity contribution in [3.8, 4) is 11.4 Å². The van der Waals surface area contributed by atoms with Crippen molar-refractivity contribution in [1.82, 2.24) is 29.5 Å². The Bertz CT molecular complexity index is 1480. The first-order valence-corrected chi connectivity index (χ1v) is 11.3. The monoisotopic (exact) mass is 441 g/mol. The molecule has 1 aromatic carbocycles. The van der Waals surface area contributed by atoms with Crippen LogP contribution in [-0.2, 0) is 12.8 Å². The van der Waals surface area contributed by atoms with Gasteiger partial charge >= 0.3 is 0 Å². The highest BCUT2D eigenvalue weighted by atomic mass is 19.1. The fraction of sp³-hybridized carbons (Fsp3) is 0.280. The quantitative estimate of drug-likeness (QED) is 0.414. The van der Waals surface area contributed by atoms with Gasteiger partial charge in [0.2, 0.25) is 5.95 Å². The lowest BCUT2D eigenvalue weighted by Crippen LogP contribution is -2.29. The van der Waals surface area contributed by atoms with E-state index < -0.39 is 5.82 Å². The standard InChI is InChI=1S/C25H24FN7/c1-14(2)20-13-28-33-24(20)31-23(15-9-16(26)12-27-11-15)32-25(33)29-17-7-8-19-18-5-3-4-6-21(18)30-22(19)10-17/h3-6,9,11-14,17,30H,7-8,10H2,1-2H3,(H,29,31,32)/t17-/m1/s1. The van der Waals surface area contributed by atoms with Crippen LogP contribution in [0, 0.1) is 5.82 Å². The number of benzene rings is 1. The number of aromatic nitrogens is 6. The topological polar surface area (TPSA) is 83.8 Å². The van der Waals surface area contributed by atoms with Crippen LogP contribution in [0.15, 0.2) is 48.9 Å². The van der Waals surface area contributed by atoms with Crippen LogP contribution in [0.3, 0.4) is 0 Å². The maximum Gasteiger partial charge on any atom is 0.228 e. The maximum absolute atomic E-state index is 13.9. The first-order valence-electron chi connectivity index (χ1n) is 11.3. The van der Waals surface area contributed by atoms with Crippen molar-refractivity contribution in [3.63, 3.8) is 0 Å². The number of pyridine rings is 1. The van der Waals surface area contributed by atoms with E-state index in [2.05, 4.69) is 58.5 Å². The van der Waals surface area contributed by atoms with Crippen LogP contribution in [0.1, 0.15) is 43.0 Å². The second kappa shape index (κ2) is 7.65. The van der Waals surface area contributed by atoms with Gasteiger partial charge in [0.1, 0.15) is 5.82 Å². The Kier molecular flexibility index (Phi) is 4.60. The molecule has 8 heteroatoms. The van der Waals surface area contributed by atoms with Crippen LogP contribution in [0.4, 0.5) is 10.3 Å². The third kappa shape index (κ3) is 3.42. The highest BCUT2D eigenvalue weighted by Gasteiger charge is 2.24. The molecule has 0 amide bonds. The normalized spacial score (nSPS) is 15.9. The van der Waals surface area contributed by atoms with Crippen molar-refractivity contribution in [2.75, 3.05) is 5.32 Å². The van der Waals surface area contributed by atoms with Gasteiger partial charge in [0, 0.05) is 46.4 Å². The summed E-state index contributed by atoms with van der Waals surface area (Å²) in [5, 5.41) is 9.48. The minimum Gasteiger partial charge on any atom is -0.358 e. The number of fused-ring (bicyclic) bond motifs is 4. The lowest BCUT2D eigenvalue weighted by Gasteiger charge is -2.24. The van der Waals surface area contributed by atoms with E-state index in [-0.39, 0.29) is 12.0 Å². The number of rotatable bonds is 4. The van der Waals surface area contributed by atoms with Crippen LogP contribution in [-0.4, -0.2) is 35.6 Å². The Hall–Kier alpha value is -3.81. The van der Waals surface area contributed by atoms with Gasteiger partial charge in [0.05, 0.1) is 12.4 Å². The van der Waals surface area contributed by atoms with E-state index in [4.69, 9.17) is 9.97 Å². The van der Waals surface area contributed by atoms with Gasteiger partial charge in [-0.05, 0) is 36.5 Å². The van der Waals surface area contributed by atoms with Crippen molar-refractivity contribution in [2.24, 2.45) is 0 Å². The second-order valence-corrected chi connectivity index (χ2v) is 8.96. The van der Waals surface area contributed by atoms with Gasteiger partial charge in [-0.1, -0.05) is 32.0 Å². The van der Waals surface area contributed by atoms with Crippen molar-refractivity contribution in [3.05, 3.63) is 71.6 Å². The first kappa shape index (κ1) is 19.8. The highest BCUT2D eigenvalue weighted by Crippen LogP contribution is 2.31. The number of hydrogen-bond donors (Lipinski definition) is 2. The fourth-order valence-corrected chi connectivity index (χ4v) is 4.75. The molecule has 0 spiro atoms. The first-order chi connectivity index (χ1) is 16.1. The number of nitrogens with one attached hydrogen (secondary N) is 2. The summed E-state index contributed by atoms with van der Waals surface area (Å²) in [4.78, 5) is 17.0. The summed E-state index contributed by atoms with van der Waals surface area (Å²) in [5.41, 5.74) is 6.14. The van der Waals surface area contributed by atoms with Gasteiger partial charge in [-0.15, -0.1) is 0 Å². The number of anilines is 1. The molecule has 0 bridgehead atoms. The number of H-pyrrole nitrogens is 1. The molecule has 0 aliphatic heterocycles. The molecule has 4 aromatic heterocycles. The van der Waals surface area contributed by atoms with Gasteiger partial charge in [-0.2, -0.15) is 14.6 Å². The number of hydrogen-bond acceptors (Lipinski definition) is 5. The molecule has 0 saturated heterocycles. The second-order valence-electron chi connectivity index (χ2n) is 8.96. The summed E-state index contributed by atoms with van der Waals surface area (Å²) in [5.74, 6) is 0.867. The number of nitrogens with zero attached hydrogens (tertiary/aromatic N) is 5. The van der Waals surface area contributed by atoms with Crippen LogP contribution < -0.4 is 5.32 Å². The van der Waals surface area contributed by atoms with Crippen LogP contribution in [0.25, 0.3) is 27.9 Å². The molecule has 0 unspecified atom stereocenters. The molecule has 0 radical (unpaired) electrons. The van der Waals surface area contributed by atoms with Gasteiger partial charge in [0.25, 0.3) is 0 Å². The van der Waals surface area contributed by atoms with Crippen molar-refractivity contribution in [2.45, 2.75) is 45.1 Å². The van der Waals surface area contributed by atoms with Crippen molar-refractivity contribution < 1.29 is 4.39 Å². The number of halogens is 1. The summed E-state index contributed by atoms with van der Waals surface area (Å²) in [6.07, 6.45) is 7.44. The third-order valence-electron chi connectivity index (χ3n) is 6.41. The Balaban J connectivity index is 1.40. The smallest absolute Gasteiger partial charge is 0.228 e. The molecule has 7 nitrogen and oxygen atoms in total. The molecule has 4 heterocycles. The molecule has 166 valence electrons. The van der Waals surface area contributed by atoms with E-state index in [1.807, 2.05) is 6.20 Å². The van der Waals surface area contributed by atoms with Gasteiger partial charge in [-0.3, -0.25) is 4.98 Å². The Morgan fingerprint density at radius 2 is 2.03 bits per heavy atom.